The van der Waals surface area contributed by atoms with Crippen LogP contribution < -0.4 is 0 Å². The molecule has 0 radical (unpaired) electrons. The number of halogens is 3. The van der Waals surface area contributed by atoms with Crippen LogP contribution in [0.15, 0.2) is 52.8 Å². The number of rotatable bonds is 7. The zero-order valence-corrected chi connectivity index (χ0v) is 16.9. The number of ether oxygens (including phenoxy) is 1. The summed E-state index contributed by atoms with van der Waals surface area (Å²) in [5, 5.41) is 7.66. The van der Waals surface area contributed by atoms with E-state index in [2.05, 4.69) is 10.3 Å². The van der Waals surface area contributed by atoms with Crippen LogP contribution in [0, 0.1) is 6.92 Å². The van der Waals surface area contributed by atoms with E-state index >= 15 is 0 Å². The molecular weight excluding hydrogens is 401 g/mol. The summed E-state index contributed by atoms with van der Waals surface area (Å²) in [4.78, 5) is 22.2. The number of carbonyl (C=O) groups excluding carboxylic acids is 1. The first-order valence-electron chi connectivity index (χ1n) is 8.81. The molecule has 6 nitrogen and oxygen atoms in total. The van der Waals surface area contributed by atoms with Gasteiger partial charge in [-0.25, -0.2) is 4.79 Å². The molecule has 30 heavy (non-hydrogen) atoms. The first-order valence-corrected chi connectivity index (χ1v) is 8.81. The standard InChI is InChI=1S/C21H21F3N2O4/c1-13-7-5-10-17(19(26-29-4)20(27)28-3)18(13)12-30-25-14(2)15-8-6-9-16(11-15)21(22,23)24/h5-11H,12H2,1-4H3/b25-14+,26-19+. The highest BCUT2D eigenvalue weighted by Gasteiger charge is 2.30. The van der Waals surface area contributed by atoms with E-state index < -0.39 is 17.7 Å². The fourth-order valence-corrected chi connectivity index (χ4v) is 2.67. The molecule has 9 heteroatoms. The molecule has 0 fully saturated rings. The predicted octanol–water partition coefficient (Wildman–Crippen LogP) is 4.48. The van der Waals surface area contributed by atoms with Crippen molar-refractivity contribution in [3.05, 3.63) is 70.3 Å². The summed E-state index contributed by atoms with van der Waals surface area (Å²) in [5.41, 5.74) is 1.60. The maximum atomic E-state index is 12.9. The minimum absolute atomic E-state index is 0.0409. The Labute approximate surface area is 171 Å². The maximum absolute atomic E-state index is 12.9. The summed E-state index contributed by atoms with van der Waals surface area (Å²) in [6.45, 7) is 3.31. The second-order valence-corrected chi connectivity index (χ2v) is 6.24. The van der Waals surface area contributed by atoms with E-state index in [1.165, 1.54) is 26.4 Å². The van der Waals surface area contributed by atoms with Crippen molar-refractivity contribution < 1.29 is 32.4 Å². The van der Waals surface area contributed by atoms with Gasteiger partial charge in [0.15, 0.2) is 5.71 Å². The summed E-state index contributed by atoms with van der Waals surface area (Å²) in [5.74, 6) is -0.688. The van der Waals surface area contributed by atoms with Crippen LogP contribution >= 0.6 is 0 Å². The van der Waals surface area contributed by atoms with Crippen molar-refractivity contribution in [2.24, 2.45) is 10.3 Å². The van der Waals surface area contributed by atoms with Crippen molar-refractivity contribution in [3.63, 3.8) is 0 Å². The van der Waals surface area contributed by atoms with Crippen molar-refractivity contribution in [2.75, 3.05) is 14.2 Å². The molecule has 0 bridgehead atoms. The van der Waals surface area contributed by atoms with Crippen LogP contribution in [0.4, 0.5) is 13.2 Å². The van der Waals surface area contributed by atoms with Gasteiger partial charge in [0.05, 0.1) is 18.4 Å². The van der Waals surface area contributed by atoms with Crippen LogP contribution in [0.5, 0.6) is 0 Å². The third-order valence-electron chi connectivity index (χ3n) is 4.24. The lowest BCUT2D eigenvalue weighted by atomic mass is 9.99. The van der Waals surface area contributed by atoms with E-state index in [0.29, 0.717) is 11.1 Å². The summed E-state index contributed by atoms with van der Waals surface area (Å²) in [6, 6.07) is 10.0. The van der Waals surface area contributed by atoms with Crippen LogP contribution in [-0.2, 0) is 32.0 Å². The molecule has 0 aliphatic rings. The third kappa shape index (κ3) is 5.59. The number of hydrogen-bond acceptors (Lipinski definition) is 6. The van der Waals surface area contributed by atoms with Gasteiger partial charge >= 0.3 is 12.1 Å². The zero-order chi connectivity index (χ0) is 22.3. The van der Waals surface area contributed by atoms with E-state index in [0.717, 1.165) is 17.7 Å². The number of esters is 1. The van der Waals surface area contributed by atoms with Crippen molar-refractivity contribution >= 4 is 17.4 Å². The topological polar surface area (TPSA) is 69.5 Å². The Hall–Kier alpha value is -3.36. The third-order valence-corrected chi connectivity index (χ3v) is 4.24. The molecule has 0 heterocycles. The number of nitrogens with zero attached hydrogens (tertiary/aromatic N) is 2. The molecule has 0 unspecified atom stereocenters. The van der Waals surface area contributed by atoms with E-state index in [9.17, 15) is 18.0 Å². The molecule has 0 aliphatic carbocycles. The Balaban J connectivity index is 2.28. The number of alkyl halides is 3. The Bertz CT molecular complexity index is 969. The summed E-state index contributed by atoms with van der Waals surface area (Å²) >= 11 is 0. The van der Waals surface area contributed by atoms with Gasteiger partial charge in [0, 0.05) is 11.1 Å². The molecule has 0 saturated heterocycles. The Morgan fingerprint density at radius 3 is 2.40 bits per heavy atom. The highest BCUT2D eigenvalue weighted by Crippen LogP contribution is 2.29. The second-order valence-electron chi connectivity index (χ2n) is 6.24. The van der Waals surface area contributed by atoms with Crippen LogP contribution in [0.2, 0.25) is 0 Å². The average molecular weight is 422 g/mol. The largest absolute Gasteiger partial charge is 0.464 e. The smallest absolute Gasteiger partial charge is 0.416 e. The van der Waals surface area contributed by atoms with Crippen LogP contribution in [0.1, 0.15) is 34.7 Å². The van der Waals surface area contributed by atoms with Crippen LogP contribution in [-0.4, -0.2) is 31.6 Å². The van der Waals surface area contributed by atoms with Crippen molar-refractivity contribution in [2.45, 2.75) is 26.6 Å². The quantitative estimate of drug-likeness (QED) is 0.375. The van der Waals surface area contributed by atoms with E-state index in [-0.39, 0.29) is 23.6 Å². The van der Waals surface area contributed by atoms with Gasteiger partial charge in [-0.3, -0.25) is 0 Å². The molecule has 2 aromatic rings. The van der Waals surface area contributed by atoms with E-state index in [4.69, 9.17) is 14.4 Å². The number of oxime groups is 2. The number of benzene rings is 2. The molecule has 0 atom stereocenters. The van der Waals surface area contributed by atoms with Gasteiger partial charge in [-0.1, -0.05) is 40.6 Å². The fourth-order valence-electron chi connectivity index (χ4n) is 2.67. The predicted molar refractivity (Wildman–Crippen MR) is 105 cm³/mol. The number of hydrogen-bond donors (Lipinski definition) is 0. The summed E-state index contributed by atoms with van der Waals surface area (Å²) in [7, 11) is 2.53. The van der Waals surface area contributed by atoms with Crippen molar-refractivity contribution in [1.29, 1.82) is 0 Å². The molecule has 2 aromatic carbocycles. The minimum Gasteiger partial charge on any atom is -0.464 e. The first kappa shape index (κ1) is 22.9. The maximum Gasteiger partial charge on any atom is 0.416 e. The zero-order valence-electron chi connectivity index (χ0n) is 16.9. The van der Waals surface area contributed by atoms with Gasteiger partial charge in [0.25, 0.3) is 0 Å². The van der Waals surface area contributed by atoms with Crippen molar-refractivity contribution in [1.82, 2.24) is 0 Å². The molecule has 2 rings (SSSR count). The lowest BCUT2D eigenvalue weighted by Crippen LogP contribution is -2.20. The Morgan fingerprint density at radius 1 is 1.07 bits per heavy atom. The van der Waals surface area contributed by atoms with Gasteiger partial charge in [-0.2, -0.15) is 13.2 Å². The van der Waals surface area contributed by atoms with Gasteiger partial charge in [-0.05, 0) is 37.1 Å². The first-order chi connectivity index (χ1) is 14.2. The van der Waals surface area contributed by atoms with Gasteiger partial charge in [0.1, 0.15) is 13.7 Å². The normalized spacial score (nSPS) is 12.5. The lowest BCUT2D eigenvalue weighted by molar-refractivity contribution is -0.137. The molecule has 0 aromatic heterocycles. The molecule has 0 spiro atoms. The Morgan fingerprint density at radius 2 is 1.77 bits per heavy atom. The molecule has 0 aliphatic heterocycles. The summed E-state index contributed by atoms with van der Waals surface area (Å²) < 4.78 is 43.4. The average Bonchev–Trinajstić information content (AvgIpc) is 2.72. The van der Waals surface area contributed by atoms with Crippen LogP contribution in [0.3, 0.4) is 0 Å². The molecule has 160 valence electrons. The highest BCUT2D eigenvalue weighted by molar-refractivity contribution is 6.43. The van der Waals surface area contributed by atoms with E-state index in [1.54, 1.807) is 19.1 Å². The minimum atomic E-state index is -4.45. The van der Waals surface area contributed by atoms with Crippen molar-refractivity contribution in [3.8, 4) is 0 Å². The van der Waals surface area contributed by atoms with Gasteiger partial charge in [0.2, 0.25) is 0 Å². The highest BCUT2D eigenvalue weighted by atomic mass is 19.4. The number of aryl methyl sites for hydroxylation is 1. The Kier molecular flexibility index (Phi) is 7.57. The number of methoxy groups -OCH3 is 1. The molecular formula is C21H21F3N2O4. The second kappa shape index (κ2) is 9.91. The summed E-state index contributed by atoms with van der Waals surface area (Å²) in [6.07, 6.45) is -4.45. The van der Waals surface area contributed by atoms with Gasteiger partial charge in [-0.15, -0.1) is 0 Å². The monoisotopic (exact) mass is 422 g/mol. The van der Waals surface area contributed by atoms with Crippen LogP contribution in [0.25, 0.3) is 0 Å². The van der Waals surface area contributed by atoms with E-state index in [1.807, 2.05) is 13.0 Å². The molecule has 0 N–H and O–H groups in total. The lowest BCUT2D eigenvalue weighted by Gasteiger charge is -2.13. The SMILES string of the molecule is CO/N=C(/C(=O)OC)c1cccc(C)c1CO/N=C(\C)c1cccc(C(F)(F)F)c1. The molecule has 0 amide bonds. The molecule has 0 saturated carbocycles. The fraction of sp³-hybridized carbons (Fsp3) is 0.286. The van der Waals surface area contributed by atoms with Gasteiger partial charge < -0.3 is 14.4 Å². The number of carbonyl (C=O) groups is 1.